The molecule has 0 amide bonds. The Morgan fingerprint density at radius 1 is 1.05 bits per heavy atom. The Morgan fingerprint density at radius 3 is 2.27 bits per heavy atom. The highest BCUT2D eigenvalue weighted by atomic mass is 32.2. The van der Waals surface area contributed by atoms with E-state index >= 15 is 0 Å². The average Bonchev–Trinajstić information content (AvgIpc) is 2.54. The van der Waals surface area contributed by atoms with Gasteiger partial charge < -0.3 is 4.74 Å². The summed E-state index contributed by atoms with van der Waals surface area (Å²) < 4.78 is 31.6. The van der Waals surface area contributed by atoms with Crippen molar-refractivity contribution in [3.8, 4) is 0 Å². The highest BCUT2D eigenvalue weighted by Gasteiger charge is 2.13. The Bertz CT molecular complexity index is 725. The van der Waals surface area contributed by atoms with Crippen molar-refractivity contribution in [2.75, 3.05) is 6.61 Å². The number of carbonyl (C=O) groups is 1. The van der Waals surface area contributed by atoms with Gasteiger partial charge in [-0.1, -0.05) is 30.3 Å². The molecule has 0 saturated carbocycles. The number of ether oxygens (including phenoxy) is 1. The van der Waals surface area contributed by atoms with Crippen LogP contribution in [0.5, 0.6) is 0 Å². The van der Waals surface area contributed by atoms with Crippen molar-refractivity contribution in [3.05, 3.63) is 65.7 Å². The molecule has 0 aliphatic heterocycles. The summed E-state index contributed by atoms with van der Waals surface area (Å²) in [6.45, 7) is 2.21. The first-order valence-corrected chi connectivity index (χ1v) is 8.32. The summed E-state index contributed by atoms with van der Waals surface area (Å²) in [5.74, 6) is -0.390. The van der Waals surface area contributed by atoms with Gasteiger partial charge in [0.25, 0.3) is 0 Å². The Kier molecular flexibility index (Phi) is 5.30. The first-order valence-electron chi connectivity index (χ1n) is 6.83. The van der Waals surface area contributed by atoms with Gasteiger partial charge in [0, 0.05) is 6.54 Å². The zero-order valence-corrected chi connectivity index (χ0v) is 13.0. The molecule has 0 aliphatic rings. The molecule has 0 spiro atoms. The van der Waals surface area contributed by atoms with E-state index in [4.69, 9.17) is 4.74 Å². The molecule has 0 bridgehead atoms. The predicted molar refractivity (Wildman–Crippen MR) is 82.9 cm³/mol. The van der Waals surface area contributed by atoms with Crippen molar-refractivity contribution in [2.45, 2.75) is 18.4 Å². The molecule has 5 nitrogen and oxygen atoms in total. The fourth-order valence-corrected chi connectivity index (χ4v) is 2.87. The molecule has 6 heteroatoms. The highest BCUT2D eigenvalue weighted by molar-refractivity contribution is 7.89. The lowest BCUT2D eigenvalue weighted by molar-refractivity contribution is 0.0526. The molecule has 0 atom stereocenters. The Morgan fingerprint density at radius 2 is 1.68 bits per heavy atom. The second kappa shape index (κ2) is 7.20. The van der Waals surface area contributed by atoms with Gasteiger partial charge in [-0.3, -0.25) is 0 Å². The lowest BCUT2D eigenvalue weighted by atomic mass is 10.1. The molecular weight excluding hydrogens is 302 g/mol. The van der Waals surface area contributed by atoms with Crippen LogP contribution in [0.3, 0.4) is 0 Å². The van der Waals surface area contributed by atoms with Crippen LogP contribution in [-0.2, 0) is 21.3 Å². The number of nitrogens with one attached hydrogen (secondary N) is 1. The Labute approximate surface area is 130 Å². The maximum atomic E-state index is 12.1. The monoisotopic (exact) mass is 319 g/mol. The first-order chi connectivity index (χ1) is 10.5. The topological polar surface area (TPSA) is 72.5 Å². The zero-order chi connectivity index (χ0) is 16.0. The summed E-state index contributed by atoms with van der Waals surface area (Å²) in [5.41, 5.74) is 1.20. The molecule has 2 aromatic rings. The van der Waals surface area contributed by atoms with Crippen molar-refractivity contribution < 1.29 is 17.9 Å². The Balaban J connectivity index is 2.02. The molecule has 0 fully saturated rings. The smallest absolute Gasteiger partial charge is 0.338 e. The molecule has 0 aliphatic carbocycles. The number of carbonyl (C=O) groups excluding carboxylic acids is 1. The number of sulfonamides is 1. The van der Waals surface area contributed by atoms with Gasteiger partial charge >= 0.3 is 5.97 Å². The average molecular weight is 319 g/mol. The Hall–Kier alpha value is -2.18. The minimum absolute atomic E-state index is 0.153. The molecule has 2 aromatic carbocycles. The van der Waals surface area contributed by atoms with Crippen LogP contribution in [0.1, 0.15) is 22.8 Å². The van der Waals surface area contributed by atoms with Gasteiger partial charge in [0.2, 0.25) is 10.0 Å². The quantitative estimate of drug-likeness (QED) is 0.830. The minimum atomic E-state index is -3.54. The largest absolute Gasteiger partial charge is 0.462 e. The summed E-state index contributed by atoms with van der Waals surface area (Å²) in [4.78, 5) is 11.7. The molecule has 116 valence electrons. The fourth-order valence-electron chi connectivity index (χ4n) is 1.83. The third-order valence-electron chi connectivity index (χ3n) is 2.98. The number of esters is 1. The zero-order valence-electron chi connectivity index (χ0n) is 12.2. The van der Waals surface area contributed by atoms with E-state index in [0.29, 0.717) is 12.2 Å². The lowest BCUT2D eigenvalue weighted by Crippen LogP contribution is -2.23. The fraction of sp³-hybridized carbons (Fsp3) is 0.188. The van der Waals surface area contributed by atoms with Crippen LogP contribution < -0.4 is 4.72 Å². The van der Waals surface area contributed by atoms with Gasteiger partial charge in [-0.05, 0) is 36.8 Å². The van der Waals surface area contributed by atoms with Crippen molar-refractivity contribution in [3.63, 3.8) is 0 Å². The lowest BCUT2D eigenvalue weighted by Gasteiger charge is -2.07. The first kappa shape index (κ1) is 16.2. The van der Waals surface area contributed by atoms with E-state index in [2.05, 4.69) is 4.72 Å². The molecule has 0 aromatic heterocycles. The summed E-state index contributed by atoms with van der Waals surface area (Å²) in [7, 11) is -3.54. The van der Waals surface area contributed by atoms with Gasteiger partial charge in [-0.2, -0.15) is 0 Å². The maximum Gasteiger partial charge on any atom is 0.338 e. The molecule has 22 heavy (non-hydrogen) atoms. The maximum absolute atomic E-state index is 12.1. The van der Waals surface area contributed by atoms with Crippen molar-refractivity contribution in [1.82, 2.24) is 4.72 Å². The van der Waals surface area contributed by atoms with E-state index in [1.54, 1.807) is 49.4 Å². The van der Waals surface area contributed by atoms with Gasteiger partial charge in [-0.25, -0.2) is 17.9 Å². The van der Waals surface area contributed by atoms with Gasteiger partial charge in [0.05, 0.1) is 17.1 Å². The second-order valence-corrected chi connectivity index (χ2v) is 6.32. The third kappa shape index (κ3) is 4.16. The molecule has 1 N–H and O–H groups in total. The summed E-state index contributed by atoms with van der Waals surface area (Å²) in [6, 6.07) is 14.8. The van der Waals surface area contributed by atoms with Crippen LogP contribution in [0, 0.1) is 0 Å². The van der Waals surface area contributed by atoms with Crippen molar-refractivity contribution in [1.29, 1.82) is 0 Å². The van der Waals surface area contributed by atoms with Crippen LogP contribution >= 0.6 is 0 Å². The van der Waals surface area contributed by atoms with E-state index < -0.39 is 10.0 Å². The number of rotatable bonds is 6. The molecule has 0 unspecified atom stereocenters. The summed E-state index contributed by atoms with van der Waals surface area (Å²) in [5, 5.41) is 0. The van der Waals surface area contributed by atoms with Crippen LogP contribution in [0.2, 0.25) is 0 Å². The van der Waals surface area contributed by atoms with Crippen LogP contribution in [0.4, 0.5) is 0 Å². The van der Waals surface area contributed by atoms with E-state index in [1.165, 1.54) is 12.1 Å². The van der Waals surface area contributed by atoms with Gasteiger partial charge in [-0.15, -0.1) is 0 Å². The molecule has 0 saturated heterocycles. The standard InChI is InChI=1S/C16H17NO4S/c1-2-21-16(18)14-10-8-13(9-11-14)12-17-22(19,20)15-6-4-3-5-7-15/h3-11,17H,2,12H2,1H3. The van der Waals surface area contributed by atoms with Crippen molar-refractivity contribution in [2.24, 2.45) is 0 Å². The van der Waals surface area contributed by atoms with Crippen LogP contribution in [-0.4, -0.2) is 21.0 Å². The minimum Gasteiger partial charge on any atom is -0.462 e. The van der Waals surface area contributed by atoms with Crippen LogP contribution in [0.25, 0.3) is 0 Å². The number of benzene rings is 2. The SMILES string of the molecule is CCOC(=O)c1ccc(CNS(=O)(=O)c2ccccc2)cc1. The molecular formula is C16H17NO4S. The normalized spacial score (nSPS) is 11.1. The van der Waals surface area contributed by atoms with E-state index in [1.807, 2.05) is 0 Å². The highest BCUT2D eigenvalue weighted by Crippen LogP contribution is 2.10. The van der Waals surface area contributed by atoms with E-state index in [9.17, 15) is 13.2 Å². The van der Waals surface area contributed by atoms with E-state index in [0.717, 1.165) is 5.56 Å². The summed E-state index contributed by atoms with van der Waals surface area (Å²) in [6.07, 6.45) is 0. The molecule has 0 radical (unpaired) electrons. The number of hydrogen-bond acceptors (Lipinski definition) is 4. The van der Waals surface area contributed by atoms with Crippen molar-refractivity contribution >= 4 is 16.0 Å². The number of hydrogen-bond donors (Lipinski definition) is 1. The van der Waals surface area contributed by atoms with Gasteiger partial charge in [0.1, 0.15) is 0 Å². The van der Waals surface area contributed by atoms with Crippen LogP contribution in [0.15, 0.2) is 59.5 Å². The predicted octanol–water partition coefficient (Wildman–Crippen LogP) is 2.34. The molecule has 0 heterocycles. The molecule has 2 rings (SSSR count). The van der Waals surface area contributed by atoms with Gasteiger partial charge in [0.15, 0.2) is 0 Å². The van der Waals surface area contributed by atoms with E-state index in [-0.39, 0.29) is 17.4 Å². The third-order valence-corrected chi connectivity index (χ3v) is 4.40. The summed E-state index contributed by atoms with van der Waals surface area (Å²) >= 11 is 0. The second-order valence-electron chi connectivity index (χ2n) is 4.55.